The number of nitrogens with zero attached hydrogens (tertiary/aromatic N) is 12. The van der Waals surface area contributed by atoms with Crippen molar-refractivity contribution in [2.24, 2.45) is 16.2 Å². The first-order chi connectivity index (χ1) is 68.2. The lowest BCUT2D eigenvalue weighted by atomic mass is 9.67. The zero-order valence-corrected chi connectivity index (χ0v) is 79.3. The quantitative estimate of drug-likeness (QED) is 0.0475. The monoisotopic (exact) mass is 1980 g/mol. The van der Waals surface area contributed by atoms with E-state index in [1.54, 1.807) is 63.5 Å². The van der Waals surface area contributed by atoms with Crippen LogP contribution in [0.25, 0.3) is 65.1 Å². The Bertz CT molecular complexity index is 6990. The van der Waals surface area contributed by atoms with Crippen molar-refractivity contribution in [3.63, 3.8) is 0 Å². The minimum absolute atomic E-state index is 0.00342. The lowest BCUT2D eigenvalue weighted by Gasteiger charge is -2.56. The van der Waals surface area contributed by atoms with Gasteiger partial charge in [-0.25, -0.2) is 55.7 Å². The molecule has 2 spiro atoms. The Hall–Kier alpha value is -14.3. The molecule has 2 unspecified atom stereocenters. The van der Waals surface area contributed by atoms with Gasteiger partial charge < -0.3 is 57.3 Å². The fraction of sp³-hybridized carbons (Fsp3) is 0.353. The average Bonchev–Trinajstić information content (AvgIpc) is 1.71. The molecule has 2 saturated carbocycles. The van der Waals surface area contributed by atoms with E-state index in [2.05, 4.69) is 43.0 Å². The van der Waals surface area contributed by atoms with Crippen LogP contribution in [0, 0.1) is 51.1 Å². The van der Waals surface area contributed by atoms with Crippen molar-refractivity contribution < 1.29 is 97.7 Å². The third-order valence-corrected chi connectivity index (χ3v) is 32.0. The van der Waals surface area contributed by atoms with Crippen LogP contribution in [0.15, 0.2) is 177 Å². The van der Waals surface area contributed by atoms with Crippen LogP contribution in [0.1, 0.15) is 200 Å². The predicted octanol–water partition coefficient (Wildman–Crippen LogP) is 18.9. The second kappa shape index (κ2) is 37.0. The van der Waals surface area contributed by atoms with Gasteiger partial charge >= 0.3 is 18.5 Å². The van der Waals surface area contributed by atoms with E-state index in [0.29, 0.717) is 93.7 Å². The fourth-order valence-electron chi connectivity index (χ4n) is 23.0. The Kier molecular flexibility index (Phi) is 24.4. The van der Waals surface area contributed by atoms with E-state index < -0.39 is 144 Å². The summed E-state index contributed by atoms with van der Waals surface area (Å²) in [7, 11) is 3.42. The Balaban J connectivity index is 0.000000125. The number of amides is 3. The standard InChI is InChI=1S/2C35H32F2N4O6S.C32H28F2N4O6S/c2*1-45-34(44)47-19-46-31-24(42)11-15-40-30(31)33(43)39-16-14-35(12-5-2-6-13-35)17-25(39)41(40)29-20-7-3-4-8-21(20)32-28(38-18-48-32)26-22(29)9-10-23(36)27(26)37;1-32(2)11-13-36-22(14-32)38(37-12-10-21(39)28(27(37)30(36)40)43-16-44-31(41)42-3)26-17-6-4-5-7-18(17)29-25(35-15-45-29)23-19(26)8-9-20(33)24(23)34/h2*3-4,7-11,15,18,25,29H,2,5-6,12-14,16-17,19H2,1H3;4-10,12,15,22,26H,11,13-14,16H2,1-3H3/t25-,29-;;22-,26-/m1.1/s1. The Morgan fingerprint density at radius 1 is 0.369 bits per heavy atom. The third kappa shape index (κ3) is 15.9. The smallest absolute Gasteiger partial charge is 0.451 e. The van der Waals surface area contributed by atoms with Gasteiger partial charge in [0.05, 0.1) is 87.7 Å². The van der Waals surface area contributed by atoms with E-state index >= 15 is 22.0 Å². The van der Waals surface area contributed by atoms with Crippen LogP contribution in [0.3, 0.4) is 0 Å². The molecule has 6 aromatic heterocycles. The molecule has 39 heteroatoms. The van der Waals surface area contributed by atoms with Gasteiger partial charge in [0.15, 0.2) is 52.0 Å². The zero-order valence-electron chi connectivity index (χ0n) is 76.8. The molecule has 6 aliphatic heterocycles. The number of pyridine rings is 3. The number of halogens is 6. The van der Waals surface area contributed by atoms with Crippen molar-refractivity contribution in [3.05, 3.63) is 279 Å². The molecule has 141 heavy (non-hydrogen) atoms. The molecule has 0 radical (unpaired) electrons. The van der Waals surface area contributed by atoms with Crippen LogP contribution in [0.2, 0.25) is 0 Å². The van der Waals surface area contributed by atoms with Crippen LogP contribution in [0.4, 0.5) is 40.7 Å². The van der Waals surface area contributed by atoms with Gasteiger partial charge in [-0.2, -0.15) is 0 Å². The first kappa shape index (κ1) is 93.0. The van der Waals surface area contributed by atoms with Gasteiger partial charge in [0, 0.05) is 73.1 Å². The maximum Gasteiger partial charge on any atom is 0.510 e. The summed E-state index contributed by atoms with van der Waals surface area (Å²) < 4.78 is 143. The molecular weight excluding hydrogens is 1890 g/mol. The number of carbonyl (C=O) groups is 6. The molecule has 30 nitrogen and oxygen atoms in total. The second-order valence-corrected chi connectivity index (χ2v) is 40.0. The number of carbonyl (C=O) groups excluding carboxylic acids is 6. The summed E-state index contributed by atoms with van der Waals surface area (Å²) in [6.45, 7) is 3.50. The minimum atomic E-state index is -1.02. The number of rotatable bonds is 12. The molecule has 5 aliphatic carbocycles. The van der Waals surface area contributed by atoms with Crippen LogP contribution in [0.5, 0.6) is 17.2 Å². The van der Waals surface area contributed by atoms with Gasteiger partial charge in [-0.3, -0.25) is 57.8 Å². The van der Waals surface area contributed by atoms with Crippen LogP contribution in [-0.2, 0) is 28.4 Å². The number of piperidine rings is 3. The molecule has 0 bridgehead atoms. The summed E-state index contributed by atoms with van der Waals surface area (Å²) in [4.78, 5) is 139. The summed E-state index contributed by atoms with van der Waals surface area (Å²) >= 11 is 4.03. The summed E-state index contributed by atoms with van der Waals surface area (Å²) in [5, 5.41) is 5.98. The number of thiazole rings is 3. The van der Waals surface area contributed by atoms with Gasteiger partial charge in [-0.05, 0) is 149 Å². The largest absolute Gasteiger partial charge is 0.510 e. The van der Waals surface area contributed by atoms with Crippen molar-refractivity contribution in [3.8, 4) is 82.3 Å². The van der Waals surface area contributed by atoms with E-state index in [1.807, 2.05) is 87.8 Å². The number of fused-ring (bicyclic) bond motifs is 21. The van der Waals surface area contributed by atoms with Crippen LogP contribution < -0.4 is 45.5 Å². The SMILES string of the molecule is COC(=O)OCOc1c2n(ccc1=O)N(C1c3ccccc3-c3scnc3-c3c1ccc(F)c3F)C1CC3(CCCCC3)CCN1C2=O.COC(=O)OCOc1c2n(ccc1=O)N([C@@H]1c3ccccc3-c3scnc3-c3c1ccc(F)c3F)[C@@H]1CC(C)(C)CCN1C2=O.COC(=O)OCOc1c2n(ccc1=O)N([C@@H]1c3ccccc3-c3scnc3-c3c1ccc(F)c3F)[C@@H]1CC3(CCCCC3)CCN1C2=O. The molecule has 23 rings (SSSR count). The van der Waals surface area contributed by atoms with Crippen LogP contribution in [-0.4, -0.2) is 160 Å². The lowest BCUT2D eigenvalue weighted by molar-refractivity contribution is -0.00180. The maximum atomic E-state index is 16.1. The summed E-state index contributed by atoms with van der Waals surface area (Å²) in [5.74, 6) is -8.14. The molecule has 728 valence electrons. The Morgan fingerprint density at radius 2 is 0.667 bits per heavy atom. The van der Waals surface area contributed by atoms with Gasteiger partial charge in [-0.15, -0.1) is 34.0 Å². The first-order valence-corrected chi connectivity index (χ1v) is 49.0. The number of methoxy groups -OCH3 is 3. The molecule has 0 N–H and O–H groups in total. The molecule has 6 atom stereocenters. The third-order valence-electron chi connectivity index (χ3n) is 29.4. The Labute approximate surface area is 813 Å². The highest BCUT2D eigenvalue weighted by Gasteiger charge is 2.56. The second-order valence-electron chi connectivity index (χ2n) is 37.5. The molecule has 6 aromatic carbocycles. The fourth-order valence-corrected chi connectivity index (χ4v) is 25.5. The minimum Gasteiger partial charge on any atom is -0.451 e. The van der Waals surface area contributed by atoms with Gasteiger partial charge in [0.2, 0.25) is 53.9 Å². The maximum absolute atomic E-state index is 16.1. The molecule has 3 amide bonds. The van der Waals surface area contributed by atoms with Crippen LogP contribution >= 0.6 is 34.0 Å². The van der Waals surface area contributed by atoms with E-state index in [0.717, 1.165) is 137 Å². The molecule has 5 fully saturated rings. The Morgan fingerprint density at radius 3 is 0.979 bits per heavy atom. The van der Waals surface area contributed by atoms with E-state index in [4.69, 9.17) is 28.4 Å². The van der Waals surface area contributed by atoms with Crippen molar-refractivity contribution in [1.82, 2.24) is 43.7 Å². The highest BCUT2D eigenvalue weighted by atomic mass is 32.1. The first-order valence-electron chi connectivity index (χ1n) is 46.3. The molecule has 12 heterocycles. The molecule has 11 aliphatic rings. The van der Waals surface area contributed by atoms with Crippen molar-refractivity contribution in [2.45, 2.75) is 153 Å². The normalized spacial score (nSPS) is 20.1. The summed E-state index contributed by atoms with van der Waals surface area (Å²) in [6.07, 6.45) is 15.0. The van der Waals surface area contributed by atoms with E-state index in [-0.39, 0.29) is 67.3 Å². The van der Waals surface area contributed by atoms with Crippen molar-refractivity contribution in [2.75, 3.05) is 76.4 Å². The van der Waals surface area contributed by atoms with Crippen molar-refractivity contribution in [1.29, 1.82) is 0 Å². The number of hydrogen-bond donors (Lipinski definition) is 0. The number of aromatic nitrogens is 6. The number of benzene rings is 6. The van der Waals surface area contributed by atoms with E-state index in [1.165, 1.54) is 83.6 Å². The zero-order chi connectivity index (χ0) is 97.9. The lowest BCUT2D eigenvalue weighted by Crippen LogP contribution is -2.66. The van der Waals surface area contributed by atoms with E-state index in [9.17, 15) is 47.5 Å². The van der Waals surface area contributed by atoms with Crippen molar-refractivity contribution >= 4 is 70.2 Å². The van der Waals surface area contributed by atoms with Gasteiger partial charge in [0.25, 0.3) is 17.7 Å². The summed E-state index contributed by atoms with van der Waals surface area (Å²) in [5.41, 5.74) is 10.2. The highest BCUT2D eigenvalue weighted by molar-refractivity contribution is 7.14. The topological polar surface area (TPSA) is 310 Å². The number of ether oxygens (including phenoxy) is 9. The van der Waals surface area contributed by atoms with Gasteiger partial charge in [0.1, 0.15) is 18.5 Å². The molecule has 12 aromatic rings. The van der Waals surface area contributed by atoms with Gasteiger partial charge in [-0.1, -0.05) is 143 Å². The molecule has 3 saturated heterocycles. The average molecular weight is 1980 g/mol. The highest BCUT2D eigenvalue weighted by Crippen LogP contribution is 2.59. The summed E-state index contributed by atoms with van der Waals surface area (Å²) in [6, 6.07) is 32.7. The molecular formula is C102H92F6N12O18S3. The predicted molar refractivity (Wildman–Crippen MR) is 505 cm³/mol. The number of hydrogen-bond acceptors (Lipinski definition) is 27.